The monoisotopic (exact) mass is 254 g/mol. The molecule has 0 bridgehead atoms. The first-order chi connectivity index (χ1) is 9.06. The molecule has 2 aromatic carbocycles. The van der Waals surface area contributed by atoms with Gasteiger partial charge < -0.3 is 5.11 Å². The number of hydrogen-bond acceptors (Lipinski definition) is 1. The van der Waals surface area contributed by atoms with Crippen LogP contribution in [-0.2, 0) is 6.42 Å². The molecule has 0 fully saturated rings. The zero-order chi connectivity index (χ0) is 13.8. The summed E-state index contributed by atoms with van der Waals surface area (Å²) in [5.41, 5.74) is 6.10. The predicted molar refractivity (Wildman–Crippen MR) is 80.4 cm³/mol. The topological polar surface area (TPSA) is 20.2 Å². The van der Waals surface area contributed by atoms with Crippen LogP contribution in [0.2, 0.25) is 0 Å². The van der Waals surface area contributed by atoms with Crippen LogP contribution >= 0.6 is 0 Å². The second-order valence-electron chi connectivity index (χ2n) is 5.38. The van der Waals surface area contributed by atoms with Crippen molar-refractivity contribution in [3.63, 3.8) is 0 Å². The highest BCUT2D eigenvalue weighted by atomic mass is 16.3. The highest BCUT2D eigenvalue weighted by Gasteiger charge is 2.08. The van der Waals surface area contributed by atoms with Gasteiger partial charge in [-0.25, -0.2) is 0 Å². The fourth-order valence-electron chi connectivity index (χ4n) is 2.20. The standard InChI is InChI=1S/C18H22O/c1-13-4-7-16(8-5-13)9-11-18(19)17-10-6-14(2)15(3)12-17/h4-8,10,12,18-19H,9,11H2,1-3H3. The largest absolute Gasteiger partial charge is 0.388 e. The molecule has 0 heterocycles. The van der Waals surface area contributed by atoms with Crippen LogP contribution < -0.4 is 0 Å². The van der Waals surface area contributed by atoms with Gasteiger partial charge in [0.1, 0.15) is 0 Å². The molecule has 1 unspecified atom stereocenters. The van der Waals surface area contributed by atoms with E-state index < -0.39 is 0 Å². The van der Waals surface area contributed by atoms with Crippen LogP contribution in [0.25, 0.3) is 0 Å². The molecule has 100 valence electrons. The number of benzene rings is 2. The van der Waals surface area contributed by atoms with Gasteiger partial charge >= 0.3 is 0 Å². The van der Waals surface area contributed by atoms with Gasteiger partial charge in [0.2, 0.25) is 0 Å². The molecule has 0 aromatic heterocycles. The van der Waals surface area contributed by atoms with E-state index >= 15 is 0 Å². The summed E-state index contributed by atoms with van der Waals surface area (Å²) in [6.07, 6.45) is 1.31. The van der Waals surface area contributed by atoms with Crippen LogP contribution in [0.1, 0.15) is 40.3 Å². The Morgan fingerprint density at radius 3 is 2.21 bits per heavy atom. The summed E-state index contributed by atoms with van der Waals surface area (Å²) in [4.78, 5) is 0. The van der Waals surface area contributed by atoms with Gasteiger partial charge in [-0.05, 0) is 55.9 Å². The quantitative estimate of drug-likeness (QED) is 0.863. The Bertz CT molecular complexity index is 540. The summed E-state index contributed by atoms with van der Waals surface area (Å²) in [7, 11) is 0. The molecule has 0 amide bonds. The lowest BCUT2D eigenvalue weighted by Gasteiger charge is -2.13. The van der Waals surface area contributed by atoms with Crippen LogP contribution in [0.15, 0.2) is 42.5 Å². The van der Waals surface area contributed by atoms with Gasteiger partial charge in [0, 0.05) is 0 Å². The number of aryl methyl sites for hydroxylation is 4. The van der Waals surface area contributed by atoms with Crippen LogP contribution in [0.4, 0.5) is 0 Å². The second-order valence-corrected chi connectivity index (χ2v) is 5.38. The average Bonchev–Trinajstić information content (AvgIpc) is 2.41. The summed E-state index contributed by atoms with van der Waals surface area (Å²) in [6, 6.07) is 14.7. The lowest BCUT2D eigenvalue weighted by Crippen LogP contribution is -2.00. The molecule has 1 atom stereocenters. The minimum Gasteiger partial charge on any atom is -0.388 e. The van der Waals surface area contributed by atoms with E-state index in [0.717, 1.165) is 18.4 Å². The molecule has 0 radical (unpaired) electrons. The molecule has 19 heavy (non-hydrogen) atoms. The molecule has 0 spiro atoms. The van der Waals surface area contributed by atoms with Crippen LogP contribution in [-0.4, -0.2) is 5.11 Å². The molecule has 1 heteroatoms. The fourth-order valence-corrected chi connectivity index (χ4v) is 2.20. The molecule has 0 saturated carbocycles. The maximum absolute atomic E-state index is 10.3. The third kappa shape index (κ3) is 3.68. The minimum atomic E-state index is -0.374. The Balaban J connectivity index is 1.98. The SMILES string of the molecule is Cc1ccc(CCC(O)c2ccc(C)c(C)c2)cc1. The highest BCUT2D eigenvalue weighted by molar-refractivity contribution is 5.31. The second kappa shape index (κ2) is 6.03. The van der Waals surface area contributed by atoms with Crippen molar-refractivity contribution in [2.45, 2.75) is 39.7 Å². The first kappa shape index (κ1) is 13.8. The smallest absolute Gasteiger partial charge is 0.0793 e. The van der Waals surface area contributed by atoms with Gasteiger partial charge in [-0.15, -0.1) is 0 Å². The predicted octanol–water partition coefficient (Wildman–Crippen LogP) is 4.28. The van der Waals surface area contributed by atoms with Crippen molar-refractivity contribution in [1.29, 1.82) is 0 Å². The Hall–Kier alpha value is -1.60. The summed E-state index contributed by atoms with van der Waals surface area (Å²) in [6.45, 7) is 6.27. The minimum absolute atomic E-state index is 0.374. The Morgan fingerprint density at radius 1 is 0.895 bits per heavy atom. The van der Waals surface area contributed by atoms with Crippen molar-refractivity contribution in [3.8, 4) is 0 Å². The van der Waals surface area contributed by atoms with Crippen molar-refractivity contribution in [1.82, 2.24) is 0 Å². The summed E-state index contributed by atoms with van der Waals surface area (Å²) < 4.78 is 0. The van der Waals surface area contributed by atoms with Crippen molar-refractivity contribution < 1.29 is 5.11 Å². The molecule has 0 aliphatic rings. The molecule has 2 aromatic rings. The molecule has 1 N–H and O–H groups in total. The molecule has 0 aliphatic carbocycles. The first-order valence-electron chi connectivity index (χ1n) is 6.87. The van der Waals surface area contributed by atoms with Gasteiger partial charge in [-0.3, -0.25) is 0 Å². The lowest BCUT2D eigenvalue weighted by atomic mass is 9.98. The molecule has 0 aliphatic heterocycles. The number of rotatable bonds is 4. The van der Waals surface area contributed by atoms with E-state index in [1.807, 2.05) is 6.07 Å². The van der Waals surface area contributed by atoms with Crippen molar-refractivity contribution in [3.05, 3.63) is 70.3 Å². The summed E-state index contributed by atoms with van der Waals surface area (Å²) in [5, 5.41) is 10.3. The molecule has 2 rings (SSSR count). The van der Waals surface area contributed by atoms with Gasteiger partial charge in [-0.2, -0.15) is 0 Å². The number of aliphatic hydroxyl groups excluding tert-OH is 1. The van der Waals surface area contributed by atoms with Crippen molar-refractivity contribution >= 4 is 0 Å². The number of aliphatic hydroxyl groups is 1. The first-order valence-corrected chi connectivity index (χ1v) is 6.87. The van der Waals surface area contributed by atoms with Crippen molar-refractivity contribution in [2.24, 2.45) is 0 Å². The van der Waals surface area contributed by atoms with Crippen molar-refractivity contribution in [2.75, 3.05) is 0 Å². The van der Waals surface area contributed by atoms with Crippen LogP contribution in [0.3, 0.4) is 0 Å². The average molecular weight is 254 g/mol. The van der Waals surface area contributed by atoms with Crippen LogP contribution in [0, 0.1) is 20.8 Å². The zero-order valence-electron chi connectivity index (χ0n) is 12.0. The molecule has 1 nitrogen and oxygen atoms in total. The zero-order valence-corrected chi connectivity index (χ0v) is 12.0. The van der Waals surface area contributed by atoms with Crippen LogP contribution in [0.5, 0.6) is 0 Å². The highest BCUT2D eigenvalue weighted by Crippen LogP contribution is 2.21. The maximum atomic E-state index is 10.3. The maximum Gasteiger partial charge on any atom is 0.0793 e. The van der Waals surface area contributed by atoms with Gasteiger partial charge in [-0.1, -0.05) is 48.0 Å². The Morgan fingerprint density at radius 2 is 1.58 bits per heavy atom. The van der Waals surface area contributed by atoms with E-state index in [2.05, 4.69) is 57.2 Å². The normalized spacial score (nSPS) is 12.4. The molecular weight excluding hydrogens is 232 g/mol. The fraction of sp³-hybridized carbons (Fsp3) is 0.333. The third-order valence-electron chi connectivity index (χ3n) is 3.74. The lowest BCUT2D eigenvalue weighted by molar-refractivity contribution is 0.168. The van der Waals surface area contributed by atoms with E-state index in [1.165, 1.54) is 22.3 Å². The van der Waals surface area contributed by atoms with Gasteiger partial charge in [0.05, 0.1) is 6.10 Å². The third-order valence-corrected chi connectivity index (χ3v) is 3.74. The Kier molecular flexibility index (Phi) is 4.39. The summed E-state index contributed by atoms with van der Waals surface area (Å²) >= 11 is 0. The van der Waals surface area contributed by atoms with E-state index in [4.69, 9.17) is 0 Å². The van der Waals surface area contributed by atoms with Gasteiger partial charge in [0.25, 0.3) is 0 Å². The molecular formula is C18H22O. The van der Waals surface area contributed by atoms with E-state index in [9.17, 15) is 5.11 Å². The van der Waals surface area contributed by atoms with E-state index in [0.29, 0.717) is 0 Å². The molecule has 0 saturated heterocycles. The van der Waals surface area contributed by atoms with E-state index in [1.54, 1.807) is 0 Å². The van der Waals surface area contributed by atoms with Gasteiger partial charge in [0.15, 0.2) is 0 Å². The Labute approximate surface area is 115 Å². The summed E-state index contributed by atoms with van der Waals surface area (Å²) in [5.74, 6) is 0. The number of hydrogen-bond donors (Lipinski definition) is 1. The van der Waals surface area contributed by atoms with E-state index in [-0.39, 0.29) is 6.10 Å².